The summed E-state index contributed by atoms with van der Waals surface area (Å²) in [4.78, 5) is 20.8. The third kappa shape index (κ3) is 5.35. The molecule has 2 heterocycles. The van der Waals surface area contributed by atoms with Crippen LogP contribution in [0.1, 0.15) is 41.9 Å². The number of nitrogens with zero attached hydrogens (tertiary/aromatic N) is 4. The van der Waals surface area contributed by atoms with E-state index in [0.717, 1.165) is 56.1 Å². The summed E-state index contributed by atoms with van der Waals surface area (Å²) >= 11 is 0. The Hall–Kier alpha value is -3.48. The van der Waals surface area contributed by atoms with Gasteiger partial charge in [-0.2, -0.15) is 0 Å². The van der Waals surface area contributed by atoms with Crippen LogP contribution in [-0.2, 0) is 24.3 Å². The Morgan fingerprint density at radius 3 is 2.14 bits per heavy atom. The van der Waals surface area contributed by atoms with Crippen LogP contribution in [0.25, 0.3) is 11.0 Å². The summed E-state index contributed by atoms with van der Waals surface area (Å²) in [7, 11) is 0. The summed E-state index contributed by atoms with van der Waals surface area (Å²) in [6, 6.07) is 28.3. The van der Waals surface area contributed by atoms with Gasteiger partial charge in [0.05, 0.1) is 17.1 Å². The lowest BCUT2D eigenvalue weighted by atomic mass is 9.96. The zero-order valence-electron chi connectivity index (χ0n) is 20.8. The van der Waals surface area contributed by atoms with Gasteiger partial charge < -0.3 is 14.5 Å². The molecule has 0 spiro atoms. The first-order chi connectivity index (χ1) is 17.6. The molecule has 1 aromatic heterocycles. The predicted molar refractivity (Wildman–Crippen MR) is 140 cm³/mol. The first-order valence-electron chi connectivity index (χ1n) is 12.9. The molecule has 4 aromatic rings. The topological polar surface area (TPSA) is 64.4 Å². The normalized spacial score (nSPS) is 15.1. The second kappa shape index (κ2) is 11.1. The molecule has 0 aliphatic carbocycles. The highest BCUT2D eigenvalue weighted by Crippen LogP contribution is 2.30. The van der Waals surface area contributed by atoms with Gasteiger partial charge in [0, 0.05) is 51.7 Å². The Labute approximate surface area is 212 Å². The number of carbonyl (C=O) groups excluding carboxylic acids is 1. The number of fused-ring (bicyclic) bond motifs is 1. The van der Waals surface area contributed by atoms with Crippen molar-refractivity contribution >= 4 is 17.0 Å². The van der Waals surface area contributed by atoms with Crippen molar-refractivity contribution in [1.29, 1.82) is 0 Å². The molecular formula is C30H33N4O2-. The third-order valence-corrected chi connectivity index (χ3v) is 7.17. The Bertz CT molecular complexity index is 1260. The van der Waals surface area contributed by atoms with E-state index in [4.69, 9.17) is 4.98 Å². The summed E-state index contributed by atoms with van der Waals surface area (Å²) in [5, 5.41) is 10.9. The molecule has 1 saturated heterocycles. The van der Waals surface area contributed by atoms with Crippen LogP contribution in [0.3, 0.4) is 0 Å². The molecule has 186 valence electrons. The van der Waals surface area contributed by atoms with Crippen molar-refractivity contribution < 1.29 is 9.90 Å². The molecule has 36 heavy (non-hydrogen) atoms. The van der Waals surface area contributed by atoms with Gasteiger partial charge in [-0.25, -0.2) is 4.98 Å². The van der Waals surface area contributed by atoms with Crippen LogP contribution in [0.2, 0.25) is 0 Å². The predicted octanol–water partition coefficient (Wildman–Crippen LogP) is 3.65. The molecule has 6 nitrogen and oxygen atoms in total. The standard InChI is InChI=1S/C30H34N4O2/c1-2-34-27-14-13-23(21-26(27)31-28(34)15-16-29(35)36)22-32-17-19-33(20-18-32)30(24-9-5-3-6-10-24)25-11-7-4-8-12-25/h3-14,21,30H,2,15-20,22H2,1H3,(H,35,36)/p-1. The van der Waals surface area contributed by atoms with Crippen LogP contribution in [0, 0.1) is 0 Å². The molecule has 0 atom stereocenters. The van der Waals surface area contributed by atoms with Crippen LogP contribution in [0.5, 0.6) is 0 Å². The SMILES string of the molecule is CCn1c(CCC(=O)[O-])nc2cc(CN3CCN(C(c4ccccc4)c4ccccc4)CC3)ccc21. The Balaban J connectivity index is 1.27. The maximum absolute atomic E-state index is 10.9. The highest BCUT2D eigenvalue weighted by Gasteiger charge is 2.26. The van der Waals surface area contributed by atoms with Gasteiger partial charge in [-0.05, 0) is 42.2 Å². The minimum Gasteiger partial charge on any atom is -0.550 e. The van der Waals surface area contributed by atoms with Gasteiger partial charge in [-0.15, -0.1) is 0 Å². The second-order valence-corrected chi connectivity index (χ2v) is 9.50. The van der Waals surface area contributed by atoms with Gasteiger partial charge in [-0.1, -0.05) is 66.7 Å². The van der Waals surface area contributed by atoms with Crippen molar-refractivity contribution in [1.82, 2.24) is 19.4 Å². The number of carboxylic acid groups (broad SMARTS) is 1. The molecule has 0 N–H and O–H groups in total. The van der Waals surface area contributed by atoms with E-state index >= 15 is 0 Å². The Morgan fingerprint density at radius 1 is 0.917 bits per heavy atom. The van der Waals surface area contributed by atoms with E-state index in [1.807, 2.05) is 0 Å². The van der Waals surface area contributed by atoms with Gasteiger partial charge in [0.25, 0.3) is 0 Å². The second-order valence-electron chi connectivity index (χ2n) is 9.50. The number of hydrogen-bond acceptors (Lipinski definition) is 5. The summed E-state index contributed by atoms with van der Waals surface area (Å²) < 4.78 is 2.11. The van der Waals surface area contributed by atoms with Crippen molar-refractivity contribution in [3.63, 3.8) is 0 Å². The third-order valence-electron chi connectivity index (χ3n) is 7.17. The molecule has 6 heteroatoms. The Kier molecular flexibility index (Phi) is 7.44. The van der Waals surface area contributed by atoms with Crippen LogP contribution in [0.4, 0.5) is 0 Å². The number of benzene rings is 3. The van der Waals surface area contributed by atoms with E-state index in [0.29, 0.717) is 6.42 Å². The van der Waals surface area contributed by atoms with E-state index in [9.17, 15) is 9.90 Å². The smallest absolute Gasteiger partial charge is 0.110 e. The molecule has 0 bridgehead atoms. The highest BCUT2D eigenvalue weighted by molar-refractivity contribution is 5.77. The number of aliphatic carboxylic acids is 1. The van der Waals surface area contributed by atoms with Crippen molar-refractivity contribution in [2.75, 3.05) is 26.2 Å². The summed E-state index contributed by atoms with van der Waals surface area (Å²) in [5.74, 6) is -0.221. The molecule has 1 aliphatic heterocycles. The molecule has 5 rings (SSSR count). The fourth-order valence-corrected chi connectivity index (χ4v) is 5.40. The van der Waals surface area contributed by atoms with E-state index in [2.05, 4.69) is 100 Å². The monoisotopic (exact) mass is 481 g/mol. The van der Waals surface area contributed by atoms with E-state index in [1.54, 1.807) is 0 Å². The van der Waals surface area contributed by atoms with Crippen molar-refractivity contribution in [3.8, 4) is 0 Å². The van der Waals surface area contributed by atoms with Crippen molar-refractivity contribution in [2.45, 2.75) is 38.9 Å². The average Bonchev–Trinajstić information content (AvgIpc) is 3.26. The van der Waals surface area contributed by atoms with E-state index < -0.39 is 5.97 Å². The lowest BCUT2D eigenvalue weighted by Crippen LogP contribution is -2.47. The van der Waals surface area contributed by atoms with Crippen molar-refractivity contribution in [3.05, 3.63) is 101 Å². The quantitative estimate of drug-likeness (QED) is 0.365. The number of piperazine rings is 1. The number of rotatable bonds is 9. The molecule has 3 aromatic carbocycles. The zero-order valence-corrected chi connectivity index (χ0v) is 20.8. The molecule has 0 amide bonds. The lowest BCUT2D eigenvalue weighted by molar-refractivity contribution is -0.305. The maximum Gasteiger partial charge on any atom is 0.110 e. The molecular weight excluding hydrogens is 448 g/mol. The first kappa shape index (κ1) is 24.2. The van der Waals surface area contributed by atoms with Gasteiger partial charge in [0.2, 0.25) is 0 Å². The summed E-state index contributed by atoms with van der Waals surface area (Å²) in [6.07, 6.45) is 0.388. The minimum atomic E-state index is -1.04. The van der Waals surface area contributed by atoms with Crippen LogP contribution in [-0.4, -0.2) is 51.5 Å². The number of carboxylic acids is 1. The van der Waals surface area contributed by atoms with Crippen LogP contribution in [0.15, 0.2) is 78.9 Å². The van der Waals surface area contributed by atoms with E-state index in [-0.39, 0.29) is 12.5 Å². The molecule has 0 unspecified atom stereocenters. The minimum absolute atomic E-state index is 0.00653. The number of imidazole rings is 1. The number of aromatic nitrogens is 2. The number of aryl methyl sites for hydroxylation is 2. The molecule has 0 radical (unpaired) electrons. The van der Waals surface area contributed by atoms with Crippen LogP contribution < -0.4 is 5.11 Å². The number of carbonyl (C=O) groups is 1. The number of hydrogen-bond donors (Lipinski definition) is 0. The molecule has 0 saturated carbocycles. The van der Waals surface area contributed by atoms with Gasteiger partial charge in [-0.3, -0.25) is 9.80 Å². The van der Waals surface area contributed by atoms with E-state index in [1.165, 1.54) is 16.7 Å². The van der Waals surface area contributed by atoms with Gasteiger partial charge in [0.15, 0.2) is 0 Å². The largest absolute Gasteiger partial charge is 0.550 e. The highest BCUT2D eigenvalue weighted by atomic mass is 16.4. The van der Waals surface area contributed by atoms with Gasteiger partial charge >= 0.3 is 0 Å². The van der Waals surface area contributed by atoms with Crippen molar-refractivity contribution in [2.24, 2.45) is 0 Å². The molecule has 1 aliphatic rings. The summed E-state index contributed by atoms with van der Waals surface area (Å²) in [5.41, 5.74) is 5.92. The lowest BCUT2D eigenvalue weighted by Gasteiger charge is -2.39. The zero-order chi connectivity index (χ0) is 24.9. The first-order valence-corrected chi connectivity index (χ1v) is 12.9. The average molecular weight is 482 g/mol. The van der Waals surface area contributed by atoms with Gasteiger partial charge in [0.1, 0.15) is 5.82 Å². The fraction of sp³-hybridized carbons (Fsp3) is 0.333. The molecule has 1 fully saturated rings. The Morgan fingerprint density at radius 2 is 1.56 bits per heavy atom. The van der Waals surface area contributed by atoms with Crippen LogP contribution >= 0.6 is 0 Å². The maximum atomic E-state index is 10.9. The fourth-order valence-electron chi connectivity index (χ4n) is 5.40. The summed E-state index contributed by atoms with van der Waals surface area (Å²) in [6.45, 7) is 7.75.